The van der Waals surface area contributed by atoms with Gasteiger partial charge in [-0.3, -0.25) is 4.40 Å². The van der Waals surface area contributed by atoms with Gasteiger partial charge in [-0.25, -0.2) is 4.98 Å². The first kappa shape index (κ1) is 12.7. The number of rotatable bonds is 3. The smallest absolute Gasteiger partial charge is 0.200 e. The summed E-state index contributed by atoms with van der Waals surface area (Å²) in [4.78, 5) is 7.61. The summed E-state index contributed by atoms with van der Waals surface area (Å²) in [7, 11) is 1.68. The van der Waals surface area contributed by atoms with Crippen LogP contribution in [0.15, 0.2) is 67.1 Å². The maximum Gasteiger partial charge on any atom is 0.200 e. The summed E-state index contributed by atoms with van der Waals surface area (Å²) in [5.41, 5.74) is 5.20. The lowest BCUT2D eigenvalue weighted by molar-refractivity contribution is 0.393. The standard InChI is InChI=1S/C18H15N3O/c1-22-18-10-15(13-5-3-2-4-6-13)9-17-20-12-16(21(17)18)14-7-8-19-11-14/h2-12,19H,1H3. The fourth-order valence-electron chi connectivity index (χ4n) is 2.71. The predicted molar refractivity (Wildman–Crippen MR) is 87.0 cm³/mol. The molecule has 108 valence electrons. The fraction of sp³-hybridized carbons (Fsp3) is 0.0556. The van der Waals surface area contributed by atoms with E-state index in [1.807, 2.05) is 53.3 Å². The normalized spacial score (nSPS) is 11.0. The molecule has 0 radical (unpaired) electrons. The minimum Gasteiger partial charge on any atom is -0.482 e. The molecule has 4 rings (SSSR count). The molecule has 1 N–H and O–H groups in total. The van der Waals surface area contributed by atoms with Gasteiger partial charge < -0.3 is 9.72 Å². The molecule has 3 heterocycles. The van der Waals surface area contributed by atoms with Crippen molar-refractivity contribution in [1.82, 2.24) is 14.4 Å². The van der Waals surface area contributed by atoms with E-state index in [-0.39, 0.29) is 0 Å². The van der Waals surface area contributed by atoms with Crippen LogP contribution in [0.25, 0.3) is 28.0 Å². The second-order valence-electron chi connectivity index (χ2n) is 5.09. The molecule has 0 fully saturated rings. The summed E-state index contributed by atoms with van der Waals surface area (Å²) >= 11 is 0. The third-order valence-electron chi connectivity index (χ3n) is 3.78. The van der Waals surface area contributed by atoms with Gasteiger partial charge >= 0.3 is 0 Å². The van der Waals surface area contributed by atoms with Crippen LogP contribution in [0.2, 0.25) is 0 Å². The van der Waals surface area contributed by atoms with Crippen LogP contribution in [0.5, 0.6) is 5.88 Å². The van der Waals surface area contributed by atoms with Crippen LogP contribution in [0.4, 0.5) is 0 Å². The number of fused-ring (bicyclic) bond motifs is 1. The lowest BCUT2D eigenvalue weighted by Gasteiger charge is -2.10. The molecule has 0 unspecified atom stereocenters. The maximum absolute atomic E-state index is 5.60. The van der Waals surface area contributed by atoms with E-state index in [2.05, 4.69) is 28.2 Å². The zero-order valence-electron chi connectivity index (χ0n) is 12.2. The molecule has 3 aromatic heterocycles. The van der Waals surface area contributed by atoms with Crippen LogP contribution >= 0.6 is 0 Å². The van der Waals surface area contributed by atoms with Crippen molar-refractivity contribution in [3.05, 3.63) is 67.1 Å². The van der Waals surface area contributed by atoms with E-state index in [1.54, 1.807) is 7.11 Å². The number of H-pyrrole nitrogens is 1. The summed E-state index contributed by atoms with van der Waals surface area (Å²) in [5.74, 6) is 0.769. The van der Waals surface area contributed by atoms with E-state index < -0.39 is 0 Å². The Labute approximate surface area is 128 Å². The second kappa shape index (κ2) is 5.07. The quantitative estimate of drug-likeness (QED) is 0.619. The van der Waals surface area contributed by atoms with Crippen molar-refractivity contribution in [2.24, 2.45) is 0 Å². The summed E-state index contributed by atoms with van der Waals surface area (Å²) in [6, 6.07) is 16.4. The summed E-state index contributed by atoms with van der Waals surface area (Å²) in [5, 5.41) is 0. The zero-order valence-corrected chi connectivity index (χ0v) is 12.2. The molecule has 0 aliphatic carbocycles. The minimum atomic E-state index is 0.769. The molecule has 0 spiro atoms. The van der Waals surface area contributed by atoms with Crippen molar-refractivity contribution in [2.45, 2.75) is 0 Å². The summed E-state index contributed by atoms with van der Waals surface area (Å²) in [6.07, 6.45) is 5.73. The predicted octanol–water partition coefficient (Wildman–Crippen LogP) is 4.01. The van der Waals surface area contributed by atoms with Gasteiger partial charge in [0.05, 0.1) is 19.0 Å². The Morgan fingerprint density at radius 1 is 1.00 bits per heavy atom. The zero-order chi connectivity index (χ0) is 14.9. The Morgan fingerprint density at radius 2 is 1.86 bits per heavy atom. The van der Waals surface area contributed by atoms with Gasteiger partial charge in [0.2, 0.25) is 0 Å². The fourth-order valence-corrected chi connectivity index (χ4v) is 2.71. The largest absolute Gasteiger partial charge is 0.482 e. The molecule has 4 heteroatoms. The third kappa shape index (κ3) is 1.97. The van der Waals surface area contributed by atoms with Crippen molar-refractivity contribution in [3.8, 4) is 28.3 Å². The van der Waals surface area contributed by atoms with Crippen LogP contribution in [0.3, 0.4) is 0 Å². The average Bonchev–Trinajstić information content (AvgIpc) is 3.23. The summed E-state index contributed by atoms with van der Waals surface area (Å²) < 4.78 is 7.62. The van der Waals surface area contributed by atoms with Gasteiger partial charge in [0.25, 0.3) is 0 Å². The lowest BCUT2D eigenvalue weighted by Crippen LogP contribution is -1.96. The Kier molecular flexibility index (Phi) is 2.93. The number of benzene rings is 1. The highest BCUT2D eigenvalue weighted by Gasteiger charge is 2.12. The number of aromatic nitrogens is 3. The van der Waals surface area contributed by atoms with Crippen molar-refractivity contribution >= 4 is 5.65 Å². The van der Waals surface area contributed by atoms with Crippen molar-refractivity contribution in [1.29, 1.82) is 0 Å². The van der Waals surface area contributed by atoms with Crippen LogP contribution in [0, 0.1) is 0 Å². The Balaban J connectivity index is 1.96. The molecule has 0 aliphatic rings. The summed E-state index contributed by atoms with van der Waals surface area (Å²) in [6.45, 7) is 0. The highest BCUT2D eigenvalue weighted by Crippen LogP contribution is 2.30. The highest BCUT2D eigenvalue weighted by atomic mass is 16.5. The number of aromatic amines is 1. The number of nitrogens with one attached hydrogen (secondary N) is 1. The van der Waals surface area contributed by atoms with Gasteiger partial charge in [-0.05, 0) is 23.3 Å². The van der Waals surface area contributed by atoms with Crippen LogP contribution in [-0.2, 0) is 0 Å². The number of hydrogen-bond donors (Lipinski definition) is 1. The molecule has 0 amide bonds. The number of imidazole rings is 1. The molecular weight excluding hydrogens is 274 g/mol. The van der Waals surface area contributed by atoms with Gasteiger partial charge in [-0.1, -0.05) is 30.3 Å². The molecule has 1 aromatic carbocycles. The van der Waals surface area contributed by atoms with Gasteiger partial charge in [0, 0.05) is 24.0 Å². The van der Waals surface area contributed by atoms with Crippen LogP contribution in [-0.4, -0.2) is 21.5 Å². The molecular formula is C18H15N3O. The molecule has 4 aromatic rings. The topological polar surface area (TPSA) is 42.3 Å². The van der Waals surface area contributed by atoms with Gasteiger partial charge in [-0.15, -0.1) is 0 Å². The van der Waals surface area contributed by atoms with Crippen LogP contribution in [0.1, 0.15) is 0 Å². The van der Waals surface area contributed by atoms with Crippen molar-refractivity contribution in [3.63, 3.8) is 0 Å². The molecule has 0 saturated carbocycles. The Morgan fingerprint density at radius 3 is 2.59 bits per heavy atom. The Hall–Kier alpha value is -3.01. The first-order valence-electron chi connectivity index (χ1n) is 7.11. The monoisotopic (exact) mass is 289 g/mol. The first-order chi connectivity index (χ1) is 10.9. The van der Waals surface area contributed by atoms with E-state index in [0.29, 0.717) is 0 Å². The molecule has 22 heavy (non-hydrogen) atoms. The number of nitrogens with zero attached hydrogens (tertiary/aromatic N) is 2. The SMILES string of the molecule is COc1cc(-c2ccccc2)cc2ncc(-c3cc[nH]c3)n12. The maximum atomic E-state index is 5.60. The van der Waals surface area contributed by atoms with E-state index in [1.165, 1.54) is 0 Å². The molecule has 4 nitrogen and oxygen atoms in total. The van der Waals surface area contributed by atoms with E-state index in [0.717, 1.165) is 33.9 Å². The van der Waals surface area contributed by atoms with Crippen LogP contribution < -0.4 is 4.74 Å². The third-order valence-corrected chi connectivity index (χ3v) is 3.78. The molecule has 0 saturated heterocycles. The Bertz CT molecular complexity index is 908. The molecule has 0 aliphatic heterocycles. The highest BCUT2D eigenvalue weighted by molar-refractivity contribution is 5.72. The van der Waals surface area contributed by atoms with E-state index in [4.69, 9.17) is 4.74 Å². The number of methoxy groups -OCH3 is 1. The van der Waals surface area contributed by atoms with Gasteiger partial charge in [0.15, 0.2) is 5.88 Å². The first-order valence-corrected chi connectivity index (χ1v) is 7.11. The van der Waals surface area contributed by atoms with E-state index >= 15 is 0 Å². The molecule has 0 bridgehead atoms. The average molecular weight is 289 g/mol. The molecule has 0 atom stereocenters. The lowest BCUT2D eigenvalue weighted by atomic mass is 10.1. The van der Waals surface area contributed by atoms with E-state index in [9.17, 15) is 0 Å². The van der Waals surface area contributed by atoms with Crippen molar-refractivity contribution in [2.75, 3.05) is 7.11 Å². The number of pyridine rings is 1. The van der Waals surface area contributed by atoms with Crippen molar-refractivity contribution < 1.29 is 4.74 Å². The van der Waals surface area contributed by atoms with Gasteiger partial charge in [0.1, 0.15) is 5.65 Å². The van der Waals surface area contributed by atoms with Gasteiger partial charge in [-0.2, -0.15) is 0 Å². The number of ether oxygens (including phenoxy) is 1. The number of hydrogen-bond acceptors (Lipinski definition) is 2. The second-order valence-corrected chi connectivity index (χ2v) is 5.09. The minimum absolute atomic E-state index is 0.769.